The molecule has 16 heavy (non-hydrogen) atoms. The van der Waals surface area contributed by atoms with Crippen molar-refractivity contribution in [2.45, 2.75) is 33.1 Å². The van der Waals surface area contributed by atoms with Gasteiger partial charge in [-0.1, -0.05) is 26.8 Å². The quantitative estimate of drug-likeness (QED) is 0.718. The molecule has 1 heterocycles. The average Bonchev–Trinajstić information content (AvgIpc) is 2.40. The highest BCUT2D eigenvalue weighted by molar-refractivity contribution is 5.87. The second-order valence-electron chi connectivity index (χ2n) is 5.50. The molecular weight excluding hydrogens is 198 g/mol. The van der Waals surface area contributed by atoms with Crippen molar-refractivity contribution in [2.24, 2.45) is 7.05 Å². The lowest BCUT2D eigenvalue weighted by Gasteiger charge is -2.22. The molecule has 86 valence electrons. The first kappa shape index (κ1) is 11.1. The van der Waals surface area contributed by atoms with Crippen LogP contribution >= 0.6 is 0 Å². The maximum Gasteiger partial charge on any atom is 0.191 e. The predicted octanol–water partition coefficient (Wildman–Crippen LogP) is 3.49. The van der Waals surface area contributed by atoms with Crippen LogP contribution in [0.25, 0.3) is 10.9 Å². The summed E-state index contributed by atoms with van der Waals surface area (Å²) in [7, 11) is 1.89. The third kappa shape index (κ3) is 1.49. The highest BCUT2D eigenvalue weighted by Gasteiger charge is 2.21. The van der Waals surface area contributed by atoms with Crippen LogP contribution < -0.4 is 0 Å². The Bertz CT molecular complexity index is 544. The molecule has 0 aliphatic carbocycles. The van der Waals surface area contributed by atoms with Crippen LogP contribution in [-0.2, 0) is 12.5 Å². The fourth-order valence-electron chi connectivity index (χ4n) is 2.50. The maximum atomic E-state index is 9.79. The highest BCUT2D eigenvalue weighted by atomic mass is 16.3. The van der Waals surface area contributed by atoms with Gasteiger partial charge in [0.1, 0.15) is 0 Å². The van der Waals surface area contributed by atoms with Gasteiger partial charge in [-0.2, -0.15) is 0 Å². The molecule has 0 spiro atoms. The zero-order valence-electron chi connectivity index (χ0n) is 10.6. The van der Waals surface area contributed by atoms with Gasteiger partial charge in [-0.05, 0) is 29.5 Å². The van der Waals surface area contributed by atoms with Gasteiger partial charge in [0, 0.05) is 18.5 Å². The third-order valence-corrected chi connectivity index (χ3v) is 3.16. The van der Waals surface area contributed by atoms with Gasteiger partial charge in [0.25, 0.3) is 0 Å². The van der Waals surface area contributed by atoms with E-state index in [2.05, 4.69) is 39.8 Å². The van der Waals surface area contributed by atoms with E-state index in [1.807, 2.05) is 17.7 Å². The molecule has 1 aromatic heterocycles. The minimum absolute atomic E-state index is 0.0946. The summed E-state index contributed by atoms with van der Waals surface area (Å²) < 4.78 is 1.82. The van der Waals surface area contributed by atoms with E-state index in [1.54, 1.807) is 0 Å². The normalized spacial score (nSPS) is 12.3. The maximum absolute atomic E-state index is 9.79. The number of fused-ring (bicyclic) bond motifs is 1. The van der Waals surface area contributed by atoms with Crippen molar-refractivity contribution in [3.63, 3.8) is 0 Å². The van der Waals surface area contributed by atoms with Gasteiger partial charge in [0.15, 0.2) is 5.88 Å². The second-order valence-corrected chi connectivity index (χ2v) is 5.50. The van der Waals surface area contributed by atoms with Gasteiger partial charge < -0.3 is 9.67 Å². The summed E-state index contributed by atoms with van der Waals surface area (Å²) >= 11 is 0. The molecule has 2 aromatic rings. The van der Waals surface area contributed by atoms with Gasteiger partial charge in [0.05, 0.1) is 5.52 Å². The van der Waals surface area contributed by atoms with Gasteiger partial charge >= 0.3 is 0 Å². The third-order valence-electron chi connectivity index (χ3n) is 3.16. The van der Waals surface area contributed by atoms with E-state index in [1.165, 1.54) is 11.1 Å². The van der Waals surface area contributed by atoms with Crippen LogP contribution in [0.2, 0.25) is 0 Å². The molecule has 0 amide bonds. The molecule has 0 radical (unpaired) electrons. The van der Waals surface area contributed by atoms with Crippen molar-refractivity contribution < 1.29 is 5.11 Å². The molecular formula is C14H19NO. The first-order chi connectivity index (χ1) is 7.32. The lowest BCUT2D eigenvalue weighted by atomic mass is 9.82. The molecule has 0 aliphatic rings. The van der Waals surface area contributed by atoms with Crippen molar-refractivity contribution in [1.29, 1.82) is 0 Å². The fourth-order valence-corrected chi connectivity index (χ4v) is 2.50. The number of aromatic nitrogens is 1. The van der Waals surface area contributed by atoms with Crippen molar-refractivity contribution in [3.8, 4) is 5.88 Å². The summed E-state index contributed by atoms with van der Waals surface area (Å²) in [4.78, 5) is 0. The Labute approximate surface area is 96.5 Å². The van der Waals surface area contributed by atoms with Gasteiger partial charge in [-0.15, -0.1) is 0 Å². The van der Waals surface area contributed by atoms with Gasteiger partial charge in [0.2, 0.25) is 0 Å². The summed E-state index contributed by atoms with van der Waals surface area (Å²) in [5, 5.41) is 10.9. The Morgan fingerprint density at radius 3 is 2.38 bits per heavy atom. The first-order valence-electron chi connectivity index (χ1n) is 5.61. The summed E-state index contributed by atoms with van der Waals surface area (Å²) in [5.74, 6) is 0.325. The minimum Gasteiger partial charge on any atom is -0.494 e. The van der Waals surface area contributed by atoms with Crippen LogP contribution in [0.15, 0.2) is 18.2 Å². The Hall–Kier alpha value is -1.44. The Kier molecular flexibility index (Phi) is 2.26. The molecule has 0 fully saturated rings. The molecule has 0 aliphatic heterocycles. The Balaban J connectivity index is 2.91. The topological polar surface area (TPSA) is 25.2 Å². The average molecular weight is 217 g/mol. The molecule has 1 aromatic carbocycles. The monoisotopic (exact) mass is 217 g/mol. The van der Waals surface area contributed by atoms with E-state index in [0.717, 1.165) is 10.9 Å². The van der Waals surface area contributed by atoms with Crippen LogP contribution in [0.3, 0.4) is 0 Å². The minimum atomic E-state index is 0.0946. The number of benzene rings is 1. The summed E-state index contributed by atoms with van der Waals surface area (Å²) in [6.07, 6.45) is 0. The van der Waals surface area contributed by atoms with Crippen molar-refractivity contribution in [1.82, 2.24) is 4.57 Å². The van der Waals surface area contributed by atoms with E-state index in [9.17, 15) is 5.11 Å². The summed E-state index contributed by atoms with van der Waals surface area (Å²) in [6, 6.07) is 6.06. The van der Waals surface area contributed by atoms with E-state index in [4.69, 9.17) is 0 Å². The van der Waals surface area contributed by atoms with Crippen molar-refractivity contribution in [3.05, 3.63) is 29.3 Å². The number of hydrogen-bond donors (Lipinski definition) is 1. The van der Waals surface area contributed by atoms with Crippen LogP contribution in [0.1, 0.15) is 31.9 Å². The highest BCUT2D eigenvalue weighted by Crippen LogP contribution is 2.35. The number of hydrogen-bond acceptors (Lipinski definition) is 1. The zero-order chi connectivity index (χ0) is 12.1. The number of nitrogens with zero attached hydrogens (tertiary/aromatic N) is 1. The molecule has 2 nitrogen and oxygen atoms in total. The van der Waals surface area contributed by atoms with E-state index >= 15 is 0 Å². The van der Waals surface area contributed by atoms with Crippen LogP contribution in [0.4, 0.5) is 0 Å². The molecule has 1 N–H and O–H groups in total. The van der Waals surface area contributed by atoms with Gasteiger partial charge in [-0.3, -0.25) is 0 Å². The smallest absolute Gasteiger partial charge is 0.191 e. The van der Waals surface area contributed by atoms with Crippen LogP contribution in [0.5, 0.6) is 5.88 Å². The van der Waals surface area contributed by atoms with Crippen molar-refractivity contribution in [2.75, 3.05) is 0 Å². The molecule has 2 rings (SSSR count). The fraction of sp³-hybridized carbons (Fsp3) is 0.429. The Morgan fingerprint density at radius 2 is 1.81 bits per heavy atom. The molecule has 2 heteroatoms. The molecule has 0 atom stereocenters. The Morgan fingerprint density at radius 1 is 1.19 bits per heavy atom. The standard InChI is InChI=1S/C14H19NO/c1-9-6-7-11-10(8-12(16)15(11)5)13(9)14(2,3)4/h6-8,16H,1-5H3. The number of rotatable bonds is 0. The van der Waals surface area contributed by atoms with E-state index in [-0.39, 0.29) is 5.41 Å². The lowest BCUT2D eigenvalue weighted by Crippen LogP contribution is -2.13. The summed E-state index contributed by atoms with van der Waals surface area (Å²) in [6.45, 7) is 8.75. The summed E-state index contributed by atoms with van der Waals surface area (Å²) in [5.41, 5.74) is 3.79. The van der Waals surface area contributed by atoms with Gasteiger partial charge in [-0.25, -0.2) is 0 Å². The molecule has 0 unspecified atom stereocenters. The predicted molar refractivity (Wildman–Crippen MR) is 68.0 cm³/mol. The zero-order valence-corrected chi connectivity index (χ0v) is 10.6. The van der Waals surface area contributed by atoms with Crippen LogP contribution in [-0.4, -0.2) is 9.67 Å². The molecule has 0 saturated heterocycles. The second kappa shape index (κ2) is 3.27. The molecule has 0 bridgehead atoms. The number of aromatic hydroxyl groups is 1. The first-order valence-corrected chi connectivity index (χ1v) is 5.61. The van der Waals surface area contributed by atoms with E-state index < -0.39 is 0 Å². The van der Waals surface area contributed by atoms with Crippen molar-refractivity contribution >= 4 is 10.9 Å². The van der Waals surface area contributed by atoms with E-state index in [0.29, 0.717) is 5.88 Å². The molecule has 0 saturated carbocycles. The number of aryl methyl sites for hydroxylation is 2. The van der Waals surface area contributed by atoms with Crippen LogP contribution in [0, 0.1) is 6.92 Å². The lowest BCUT2D eigenvalue weighted by molar-refractivity contribution is 0.435. The largest absolute Gasteiger partial charge is 0.494 e. The SMILES string of the molecule is Cc1ccc2c(cc(O)n2C)c1C(C)(C)C.